The van der Waals surface area contributed by atoms with Crippen LogP contribution in [0.25, 0.3) is 0 Å². The normalized spacial score (nSPS) is 28.3. The Morgan fingerprint density at radius 2 is 2.08 bits per heavy atom. The number of rotatable bonds is 8. The Hall–Kier alpha value is -1.32. The fraction of sp³-hybridized carbons (Fsp3) is 0.875. The van der Waals surface area contributed by atoms with Gasteiger partial charge in [0.25, 0.3) is 0 Å². The second-order valence-electron chi connectivity index (χ2n) is 7.51. The van der Waals surface area contributed by atoms with Gasteiger partial charge in [-0.15, -0.1) is 0 Å². The first kappa shape index (κ1) is 20.0. The number of amides is 1. The van der Waals surface area contributed by atoms with Gasteiger partial charge >= 0.3 is 19.2 Å². The van der Waals surface area contributed by atoms with Crippen molar-refractivity contribution in [2.45, 2.75) is 57.4 Å². The van der Waals surface area contributed by atoms with Gasteiger partial charge in [0.2, 0.25) is 0 Å². The molecule has 25 heavy (non-hydrogen) atoms. The summed E-state index contributed by atoms with van der Waals surface area (Å²) in [6, 6.07) is -0.167. The van der Waals surface area contributed by atoms with Gasteiger partial charge in [-0.05, 0) is 25.1 Å². The number of hydrogen-bond acceptors (Lipinski definition) is 6. The van der Waals surface area contributed by atoms with E-state index in [4.69, 9.17) is 14.8 Å². The average Bonchev–Trinajstić information content (AvgIpc) is 3.10. The monoisotopic (exact) mass is 356 g/mol. The van der Waals surface area contributed by atoms with Gasteiger partial charge in [-0.2, -0.15) is 0 Å². The number of likely N-dealkylation sites (tertiary alicyclic amines) is 1. The summed E-state index contributed by atoms with van der Waals surface area (Å²) in [6.07, 6.45) is 2.03. The van der Waals surface area contributed by atoms with Gasteiger partial charge in [0, 0.05) is 19.0 Å². The molecular weight excluding hydrogens is 327 g/mol. The van der Waals surface area contributed by atoms with E-state index in [9.17, 15) is 14.7 Å². The molecule has 0 aromatic rings. The van der Waals surface area contributed by atoms with Crippen molar-refractivity contribution in [2.24, 2.45) is 11.8 Å². The van der Waals surface area contributed by atoms with Crippen molar-refractivity contribution >= 4 is 19.2 Å². The number of unbranched alkanes of at least 4 members (excludes halogenated alkanes) is 1. The number of hydrogen-bond donors (Lipinski definition) is 4. The number of carbonyl (C=O) groups is 2. The van der Waals surface area contributed by atoms with E-state index in [0.717, 1.165) is 0 Å². The molecule has 142 valence electrons. The van der Waals surface area contributed by atoms with Crippen LogP contribution in [0.1, 0.15) is 39.5 Å². The Kier molecular flexibility index (Phi) is 6.70. The highest BCUT2D eigenvalue weighted by atomic mass is 16.6. The molecule has 2 aliphatic rings. The third-order valence-electron chi connectivity index (χ3n) is 5.25. The third-order valence-corrected chi connectivity index (χ3v) is 5.25. The van der Waals surface area contributed by atoms with Crippen LogP contribution in [0.3, 0.4) is 0 Å². The van der Waals surface area contributed by atoms with E-state index in [2.05, 4.69) is 5.32 Å². The second-order valence-corrected chi connectivity index (χ2v) is 7.51. The second kappa shape index (κ2) is 8.38. The molecule has 2 saturated heterocycles. The minimum atomic E-state index is -1.36. The van der Waals surface area contributed by atoms with E-state index in [1.807, 2.05) is 13.8 Å². The number of fused-ring (bicyclic) bond motifs is 1. The van der Waals surface area contributed by atoms with Crippen LogP contribution in [0.15, 0.2) is 0 Å². The topological polar surface area (TPSA) is 119 Å². The Morgan fingerprint density at radius 3 is 2.68 bits per heavy atom. The van der Waals surface area contributed by atoms with Gasteiger partial charge < -0.3 is 24.8 Å². The lowest BCUT2D eigenvalue weighted by atomic mass is 9.77. The summed E-state index contributed by atoms with van der Waals surface area (Å²) in [5, 5.41) is 30.8. The Bertz CT molecular complexity index is 489. The fourth-order valence-electron chi connectivity index (χ4n) is 3.99. The summed E-state index contributed by atoms with van der Waals surface area (Å²) in [6.45, 7) is 5.24. The standard InChI is InChI=1S/C16H29BN2O6/c1-11(2)10-25-15(22)19-8-5-12-13(19)9-18-16(12,14(20)21)6-3-4-7-17(23)24/h11-13,18,23-24H,3-10H2,1-2H3,(H,20,21)/t12-,13-,16+/m0/s1. The van der Waals surface area contributed by atoms with Crippen molar-refractivity contribution in [2.75, 3.05) is 19.7 Å². The molecule has 0 saturated carbocycles. The number of carbonyl (C=O) groups excluding carboxylic acids is 1. The molecule has 4 N–H and O–H groups in total. The molecule has 2 aliphatic heterocycles. The number of ether oxygens (including phenoxy) is 1. The lowest BCUT2D eigenvalue weighted by Crippen LogP contribution is -2.52. The number of nitrogens with zero attached hydrogens (tertiary/aromatic N) is 1. The molecule has 8 nitrogen and oxygen atoms in total. The minimum Gasteiger partial charge on any atom is -0.480 e. The largest absolute Gasteiger partial charge is 0.480 e. The SMILES string of the molecule is CC(C)COC(=O)N1CC[C@H]2[C@@H]1CN[C@@]2(CCCCB(O)O)C(=O)O. The predicted octanol–water partition coefficient (Wildman–Crippen LogP) is 0.539. The zero-order valence-electron chi connectivity index (χ0n) is 15.0. The molecular formula is C16H29BN2O6. The molecule has 0 aromatic carbocycles. The molecule has 1 amide bonds. The van der Waals surface area contributed by atoms with Crippen LogP contribution in [-0.4, -0.2) is 70.5 Å². The summed E-state index contributed by atoms with van der Waals surface area (Å²) in [5.41, 5.74) is -1.06. The minimum absolute atomic E-state index is 0.157. The predicted molar refractivity (Wildman–Crippen MR) is 92.0 cm³/mol. The Labute approximate surface area is 148 Å². The quantitative estimate of drug-likeness (QED) is 0.370. The summed E-state index contributed by atoms with van der Waals surface area (Å²) >= 11 is 0. The smallest absolute Gasteiger partial charge is 0.451 e. The van der Waals surface area contributed by atoms with Crippen LogP contribution in [0.2, 0.25) is 6.32 Å². The molecule has 0 radical (unpaired) electrons. The van der Waals surface area contributed by atoms with Crippen LogP contribution >= 0.6 is 0 Å². The Balaban J connectivity index is 1.99. The van der Waals surface area contributed by atoms with Crippen molar-refractivity contribution in [1.29, 1.82) is 0 Å². The van der Waals surface area contributed by atoms with Gasteiger partial charge in [-0.3, -0.25) is 10.1 Å². The van der Waals surface area contributed by atoms with E-state index in [1.165, 1.54) is 0 Å². The molecule has 0 aliphatic carbocycles. The van der Waals surface area contributed by atoms with Crippen molar-refractivity contribution in [3.8, 4) is 0 Å². The zero-order valence-corrected chi connectivity index (χ0v) is 15.0. The van der Waals surface area contributed by atoms with E-state index in [1.54, 1.807) is 4.90 Å². The van der Waals surface area contributed by atoms with E-state index < -0.39 is 18.6 Å². The van der Waals surface area contributed by atoms with Gasteiger partial charge in [0.05, 0.1) is 12.6 Å². The Morgan fingerprint density at radius 1 is 1.36 bits per heavy atom. The first-order chi connectivity index (χ1) is 11.8. The van der Waals surface area contributed by atoms with E-state index in [0.29, 0.717) is 45.4 Å². The maximum atomic E-state index is 12.3. The van der Waals surface area contributed by atoms with E-state index in [-0.39, 0.29) is 30.3 Å². The maximum absolute atomic E-state index is 12.3. The molecule has 0 unspecified atom stereocenters. The molecule has 3 atom stereocenters. The summed E-state index contributed by atoms with van der Waals surface area (Å²) in [5.74, 6) is -0.804. The number of nitrogens with one attached hydrogen (secondary N) is 1. The number of carboxylic acid groups (broad SMARTS) is 1. The van der Waals surface area contributed by atoms with Gasteiger partial charge in [-0.1, -0.05) is 26.7 Å². The lowest BCUT2D eigenvalue weighted by Gasteiger charge is -2.30. The van der Waals surface area contributed by atoms with Crippen LogP contribution < -0.4 is 5.32 Å². The van der Waals surface area contributed by atoms with Crippen molar-refractivity contribution in [3.63, 3.8) is 0 Å². The van der Waals surface area contributed by atoms with Crippen molar-refractivity contribution in [3.05, 3.63) is 0 Å². The highest BCUT2D eigenvalue weighted by Crippen LogP contribution is 2.41. The molecule has 2 heterocycles. The maximum Gasteiger partial charge on any atom is 0.451 e. The van der Waals surface area contributed by atoms with Gasteiger partial charge in [-0.25, -0.2) is 4.79 Å². The molecule has 2 rings (SSSR count). The fourth-order valence-corrected chi connectivity index (χ4v) is 3.99. The molecule has 9 heteroatoms. The van der Waals surface area contributed by atoms with Crippen LogP contribution in [0.5, 0.6) is 0 Å². The number of aliphatic carboxylic acids is 1. The zero-order chi connectivity index (χ0) is 18.6. The summed E-state index contributed by atoms with van der Waals surface area (Å²) in [4.78, 5) is 25.9. The summed E-state index contributed by atoms with van der Waals surface area (Å²) in [7, 11) is -1.36. The molecule has 0 bridgehead atoms. The van der Waals surface area contributed by atoms with Crippen molar-refractivity contribution in [1.82, 2.24) is 10.2 Å². The van der Waals surface area contributed by atoms with Crippen LogP contribution in [0.4, 0.5) is 4.79 Å². The first-order valence-electron chi connectivity index (χ1n) is 9.06. The average molecular weight is 356 g/mol. The number of carboxylic acids is 1. The first-order valence-corrected chi connectivity index (χ1v) is 9.06. The highest BCUT2D eigenvalue weighted by molar-refractivity contribution is 6.40. The molecule has 2 fully saturated rings. The summed E-state index contributed by atoms with van der Waals surface area (Å²) < 4.78 is 5.31. The molecule has 0 spiro atoms. The van der Waals surface area contributed by atoms with Crippen molar-refractivity contribution < 1.29 is 29.5 Å². The van der Waals surface area contributed by atoms with Crippen LogP contribution in [-0.2, 0) is 9.53 Å². The third kappa shape index (κ3) is 4.45. The lowest BCUT2D eigenvalue weighted by molar-refractivity contribution is -0.146. The highest BCUT2D eigenvalue weighted by Gasteiger charge is 2.58. The molecule has 0 aromatic heterocycles. The van der Waals surface area contributed by atoms with Gasteiger partial charge in [0.15, 0.2) is 0 Å². The van der Waals surface area contributed by atoms with Gasteiger partial charge in [0.1, 0.15) is 5.54 Å². The van der Waals surface area contributed by atoms with Crippen LogP contribution in [0, 0.1) is 11.8 Å². The van der Waals surface area contributed by atoms with E-state index >= 15 is 0 Å².